The van der Waals surface area contributed by atoms with Crippen LogP contribution in [0.25, 0.3) is 0 Å². The van der Waals surface area contributed by atoms with Gasteiger partial charge in [0, 0.05) is 32.7 Å². The van der Waals surface area contributed by atoms with Crippen LogP contribution in [0.5, 0.6) is 0 Å². The zero-order valence-electron chi connectivity index (χ0n) is 15.4. The fourth-order valence-electron chi connectivity index (χ4n) is 3.45. The van der Waals surface area contributed by atoms with Crippen LogP contribution in [0.2, 0.25) is 0 Å². The average molecular weight is 356 g/mol. The molecule has 0 spiro atoms. The molecule has 26 heavy (non-hydrogen) atoms. The molecule has 1 aromatic carbocycles. The van der Waals surface area contributed by atoms with E-state index in [1.807, 2.05) is 0 Å². The van der Waals surface area contributed by atoms with E-state index in [9.17, 15) is 4.79 Å². The molecular formula is C20H28N4O2. The lowest BCUT2D eigenvalue weighted by Crippen LogP contribution is -2.44. The number of amides is 2. The average Bonchev–Trinajstić information content (AvgIpc) is 3.18. The molecule has 3 rings (SSSR count). The zero-order chi connectivity index (χ0) is 18.2. The summed E-state index contributed by atoms with van der Waals surface area (Å²) in [6.45, 7) is 4.48. The highest BCUT2D eigenvalue weighted by molar-refractivity contribution is 5.73. The first-order valence-electron chi connectivity index (χ1n) is 9.35. The molecule has 1 fully saturated rings. The molecule has 140 valence electrons. The lowest BCUT2D eigenvalue weighted by molar-refractivity contribution is 0.168. The summed E-state index contributed by atoms with van der Waals surface area (Å²) < 4.78 is 4.80. The minimum atomic E-state index is -0.0607. The van der Waals surface area contributed by atoms with Crippen LogP contribution in [0.15, 0.2) is 47.2 Å². The second-order valence-corrected chi connectivity index (χ2v) is 7.08. The summed E-state index contributed by atoms with van der Waals surface area (Å²) in [4.78, 5) is 16.4. The van der Waals surface area contributed by atoms with Crippen molar-refractivity contribution in [2.45, 2.75) is 25.8 Å². The SMILES string of the molecule is CN(Cc1ccon1)C(=O)NC[C@@H]1CCCN(CCc2ccccc2)C1. The molecule has 0 radical (unpaired) electrons. The van der Waals surface area contributed by atoms with E-state index in [1.54, 1.807) is 18.0 Å². The van der Waals surface area contributed by atoms with E-state index in [1.165, 1.54) is 24.7 Å². The third-order valence-corrected chi connectivity index (χ3v) is 4.94. The number of urea groups is 1. The Morgan fingerprint density at radius 3 is 2.96 bits per heavy atom. The van der Waals surface area contributed by atoms with Crippen molar-refractivity contribution in [3.8, 4) is 0 Å². The predicted octanol–water partition coefficient (Wildman–Crippen LogP) is 2.77. The van der Waals surface area contributed by atoms with Gasteiger partial charge in [0.05, 0.1) is 6.54 Å². The van der Waals surface area contributed by atoms with Gasteiger partial charge in [-0.3, -0.25) is 0 Å². The fourth-order valence-corrected chi connectivity index (χ4v) is 3.45. The first-order valence-corrected chi connectivity index (χ1v) is 9.35. The third kappa shape index (κ3) is 5.59. The maximum absolute atomic E-state index is 12.2. The van der Waals surface area contributed by atoms with Crippen molar-refractivity contribution in [1.82, 2.24) is 20.3 Å². The predicted molar refractivity (Wildman–Crippen MR) is 101 cm³/mol. The lowest BCUT2D eigenvalue weighted by atomic mass is 9.97. The number of aromatic nitrogens is 1. The Morgan fingerprint density at radius 1 is 1.35 bits per heavy atom. The number of carbonyl (C=O) groups is 1. The van der Waals surface area contributed by atoms with Crippen LogP contribution in [0.1, 0.15) is 24.1 Å². The number of carbonyl (C=O) groups excluding carboxylic acids is 1. The van der Waals surface area contributed by atoms with E-state index < -0.39 is 0 Å². The second kappa shape index (κ2) is 9.38. The van der Waals surface area contributed by atoms with Crippen LogP contribution in [-0.2, 0) is 13.0 Å². The van der Waals surface area contributed by atoms with Crippen molar-refractivity contribution >= 4 is 6.03 Å². The van der Waals surface area contributed by atoms with E-state index in [4.69, 9.17) is 4.52 Å². The summed E-state index contributed by atoms with van der Waals surface area (Å²) in [5.41, 5.74) is 2.14. The van der Waals surface area contributed by atoms with Crippen molar-refractivity contribution in [2.75, 3.05) is 33.2 Å². The number of nitrogens with one attached hydrogen (secondary N) is 1. The van der Waals surface area contributed by atoms with Gasteiger partial charge in [-0.15, -0.1) is 0 Å². The summed E-state index contributed by atoms with van der Waals surface area (Å²) in [7, 11) is 1.77. The highest BCUT2D eigenvalue weighted by Gasteiger charge is 2.21. The van der Waals surface area contributed by atoms with E-state index in [0.717, 1.165) is 38.3 Å². The van der Waals surface area contributed by atoms with E-state index >= 15 is 0 Å². The smallest absolute Gasteiger partial charge is 0.317 e. The number of hydrogen-bond donors (Lipinski definition) is 1. The monoisotopic (exact) mass is 356 g/mol. The molecule has 6 nitrogen and oxygen atoms in total. The van der Waals surface area contributed by atoms with Crippen LogP contribution in [0.4, 0.5) is 4.79 Å². The molecule has 1 N–H and O–H groups in total. The van der Waals surface area contributed by atoms with Crippen molar-refractivity contribution < 1.29 is 9.32 Å². The molecule has 1 saturated heterocycles. The van der Waals surface area contributed by atoms with Gasteiger partial charge in [-0.25, -0.2) is 4.79 Å². The summed E-state index contributed by atoms with van der Waals surface area (Å²) in [5.74, 6) is 0.518. The molecule has 0 saturated carbocycles. The van der Waals surface area contributed by atoms with Crippen molar-refractivity contribution in [3.63, 3.8) is 0 Å². The number of benzene rings is 1. The Hall–Kier alpha value is -2.34. The highest BCUT2D eigenvalue weighted by Crippen LogP contribution is 2.16. The molecule has 6 heteroatoms. The maximum Gasteiger partial charge on any atom is 0.317 e. The van der Waals surface area contributed by atoms with E-state index in [2.05, 4.69) is 45.7 Å². The lowest BCUT2D eigenvalue weighted by Gasteiger charge is -2.33. The summed E-state index contributed by atoms with van der Waals surface area (Å²) in [6.07, 6.45) is 4.98. The van der Waals surface area contributed by atoms with Gasteiger partial charge in [-0.1, -0.05) is 35.5 Å². The largest absolute Gasteiger partial charge is 0.364 e. The van der Waals surface area contributed by atoms with Gasteiger partial charge in [0.25, 0.3) is 0 Å². The molecule has 1 aliphatic heterocycles. The minimum Gasteiger partial charge on any atom is -0.364 e. The quantitative estimate of drug-likeness (QED) is 0.829. The number of rotatable bonds is 7. The van der Waals surface area contributed by atoms with Crippen molar-refractivity contribution in [3.05, 3.63) is 53.9 Å². The molecule has 2 heterocycles. The van der Waals surface area contributed by atoms with Crippen LogP contribution in [-0.4, -0.2) is 54.2 Å². The standard InChI is InChI=1S/C20H28N4O2/c1-23(16-19-10-13-26-22-19)20(25)21-14-18-8-5-11-24(15-18)12-9-17-6-3-2-4-7-17/h2-4,6-7,10,13,18H,5,8-9,11-12,14-16H2,1H3,(H,21,25)/t18-/m0/s1. The van der Waals surface area contributed by atoms with Crippen LogP contribution in [0, 0.1) is 5.92 Å². The van der Waals surface area contributed by atoms with Crippen LogP contribution >= 0.6 is 0 Å². The first kappa shape index (κ1) is 18.5. The van der Waals surface area contributed by atoms with Gasteiger partial charge in [0.1, 0.15) is 12.0 Å². The Labute approximate surface area is 155 Å². The zero-order valence-corrected chi connectivity index (χ0v) is 15.4. The summed E-state index contributed by atoms with van der Waals surface area (Å²) in [6, 6.07) is 12.3. The molecule has 2 aromatic rings. The van der Waals surface area contributed by atoms with Gasteiger partial charge in [0.2, 0.25) is 0 Å². The maximum atomic E-state index is 12.2. The van der Waals surface area contributed by atoms with Crippen LogP contribution < -0.4 is 5.32 Å². The molecular weight excluding hydrogens is 328 g/mol. The molecule has 0 aliphatic carbocycles. The van der Waals surface area contributed by atoms with E-state index in [0.29, 0.717) is 12.5 Å². The van der Waals surface area contributed by atoms with Crippen molar-refractivity contribution in [1.29, 1.82) is 0 Å². The Bertz CT molecular complexity index is 660. The molecule has 1 aliphatic rings. The third-order valence-electron chi connectivity index (χ3n) is 4.94. The minimum absolute atomic E-state index is 0.0607. The normalized spacial score (nSPS) is 17.8. The Morgan fingerprint density at radius 2 is 2.19 bits per heavy atom. The first-order chi connectivity index (χ1) is 12.7. The second-order valence-electron chi connectivity index (χ2n) is 7.08. The van der Waals surface area contributed by atoms with Crippen molar-refractivity contribution in [2.24, 2.45) is 5.92 Å². The molecule has 1 aromatic heterocycles. The molecule has 2 amide bonds. The number of piperidine rings is 1. The molecule has 0 unspecified atom stereocenters. The van der Waals surface area contributed by atoms with Gasteiger partial charge in [-0.05, 0) is 37.3 Å². The van der Waals surface area contributed by atoms with Gasteiger partial charge < -0.3 is 19.6 Å². The van der Waals surface area contributed by atoms with Gasteiger partial charge in [-0.2, -0.15) is 0 Å². The fraction of sp³-hybridized carbons (Fsp3) is 0.500. The van der Waals surface area contributed by atoms with Crippen LogP contribution in [0.3, 0.4) is 0 Å². The molecule has 0 bridgehead atoms. The topological polar surface area (TPSA) is 61.6 Å². The molecule has 1 atom stereocenters. The van der Waals surface area contributed by atoms with Gasteiger partial charge in [0.15, 0.2) is 0 Å². The number of nitrogens with zero attached hydrogens (tertiary/aromatic N) is 3. The van der Waals surface area contributed by atoms with E-state index in [-0.39, 0.29) is 6.03 Å². The Kier molecular flexibility index (Phi) is 6.66. The summed E-state index contributed by atoms with van der Waals surface area (Å²) in [5, 5.41) is 6.90. The summed E-state index contributed by atoms with van der Waals surface area (Å²) >= 11 is 0. The van der Waals surface area contributed by atoms with Gasteiger partial charge >= 0.3 is 6.03 Å². The Balaban J connectivity index is 1.38. The highest BCUT2D eigenvalue weighted by atomic mass is 16.5. The number of likely N-dealkylation sites (tertiary alicyclic amines) is 1. The number of hydrogen-bond acceptors (Lipinski definition) is 4.